The van der Waals surface area contributed by atoms with Crippen LogP contribution in [0.2, 0.25) is 0 Å². The predicted octanol–water partition coefficient (Wildman–Crippen LogP) is 4.51. The normalized spacial score (nSPS) is 14.9. The summed E-state index contributed by atoms with van der Waals surface area (Å²) in [7, 11) is 0. The van der Waals surface area contributed by atoms with E-state index in [1.807, 2.05) is 0 Å². The van der Waals surface area contributed by atoms with Crippen LogP contribution in [0.15, 0.2) is 24.3 Å². The Bertz CT molecular complexity index is 313. The van der Waals surface area contributed by atoms with Gasteiger partial charge in [-0.3, -0.25) is 0 Å². The first-order chi connectivity index (χ1) is 8.10. The van der Waals surface area contributed by atoms with Crippen molar-refractivity contribution in [1.82, 2.24) is 5.32 Å². The lowest BCUT2D eigenvalue weighted by molar-refractivity contribution is 0.421. The van der Waals surface area contributed by atoms with Gasteiger partial charge in [-0.1, -0.05) is 58.9 Å². The maximum absolute atomic E-state index is 3.56. The van der Waals surface area contributed by atoms with Gasteiger partial charge < -0.3 is 5.32 Å². The van der Waals surface area contributed by atoms with Crippen LogP contribution in [0.4, 0.5) is 0 Å². The Morgan fingerprint density at radius 2 is 1.47 bits per heavy atom. The monoisotopic (exact) mass is 233 g/mol. The van der Waals surface area contributed by atoms with Crippen molar-refractivity contribution in [3.8, 4) is 0 Å². The van der Waals surface area contributed by atoms with Crippen LogP contribution >= 0.6 is 0 Å². The summed E-state index contributed by atoms with van der Waals surface area (Å²) in [6, 6.07) is 9.63. The van der Waals surface area contributed by atoms with E-state index in [0.717, 1.165) is 6.54 Å². The average Bonchev–Trinajstić information content (AvgIpc) is 2.35. The van der Waals surface area contributed by atoms with Crippen molar-refractivity contribution in [3.05, 3.63) is 35.4 Å². The third kappa shape index (κ3) is 3.85. The maximum atomic E-state index is 3.56. The molecule has 0 bridgehead atoms. The molecule has 1 heteroatoms. The van der Waals surface area contributed by atoms with Crippen LogP contribution in [0, 0.1) is 5.92 Å². The lowest BCUT2D eigenvalue weighted by Crippen LogP contribution is -2.25. The number of hydrogen-bond acceptors (Lipinski definition) is 1. The van der Waals surface area contributed by atoms with E-state index in [9.17, 15) is 0 Å². The number of hydrogen-bond donors (Lipinski definition) is 1. The van der Waals surface area contributed by atoms with Crippen LogP contribution in [0.3, 0.4) is 0 Å². The Morgan fingerprint density at radius 1 is 0.941 bits per heavy atom. The topological polar surface area (TPSA) is 12.0 Å². The minimum Gasteiger partial charge on any atom is -0.310 e. The van der Waals surface area contributed by atoms with E-state index in [0.29, 0.717) is 17.9 Å². The van der Waals surface area contributed by atoms with Gasteiger partial charge in [-0.2, -0.15) is 0 Å². The van der Waals surface area contributed by atoms with Crippen LogP contribution in [-0.2, 0) is 0 Å². The van der Waals surface area contributed by atoms with Gasteiger partial charge in [-0.15, -0.1) is 0 Å². The van der Waals surface area contributed by atoms with Gasteiger partial charge in [0.15, 0.2) is 0 Å². The van der Waals surface area contributed by atoms with E-state index in [1.165, 1.54) is 17.5 Å². The second-order valence-corrected chi connectivity index (χ2v) is 5.26. The van der Waals surface area contributed by atoms with Gasteiger partial charge in [0.1, 0.15) is 0 Å². The first-order valence-corrected chi connectivity index (χ1v) is 6.93. The second kappa shape index (κ2) is 6.80. The average molecular weight is 233 g/mol. The van der Waals surface area contributed by atoms with E-state index < -0.39 is 0 Å². The van der Waals surface area contributed by atoms with Crippen LogP contribution in [0.25, 0.3) is 0 Å². The Hall–Kier alpha value is -0.820. The fraction of sp³-hybridized carbons (Fsp3) is 0.625. The highest BCUT2D eigenvalue weighted by molar-refractivity contribution is 5.27. The molecule has 1 aromatic carbocycles. The quantitative estimate of drug-likeness (QED) is 0.762. The number of rotatable bonds is 6. The lowest BCUT2D eigenvalue weighted by atomic mass is 9.92. The molecule has 2 atom stereocenters. The minimum absolute atomic E-state index is 0.478. The molecule has 17 heavy (non-hydrogen) atoms. The third-order valence-corrected chi connectivity index (χ3v) is 3.57. The standard InChI is InChI=1S/C16H27N/c1-6-13(5)14-8-10-15(11-9-14)16(12(3)4)17-7-2/h8-13,16-17H,6-7H2,1-5H3. The van der Waals surface area contributed by atoms with Gasteiger partial charge >= 0.3 is 0 Å². The van der Waals surface area contributed by atoms with Crippen molar-refractivity contribution in [2.24, 2.45) is 5.92 Å². The smallest absolute Gasteiger partial charge is 0.0343 e. The molecule has 1 rings (SSSR count). The maximum Gasteiger partial charge on any atom is 0.0343 e. The Kier molecular flexibility index (Phi) is 5.70. The summed E-state index contributed by atoms with van der Waals surface area (Å²) >= 11 is 0. The molecule has 2 unspecified atom stereocenters. The molecule has 0 saturated heterocycles. The summed E-state index contributed by atoms with van der Waals surface area (Å²) < 4.78 is 0. The molecule has 0 aliphatic heterocycles. The first-order valence-electron chi connectivity index (χ1n) is 6.93. The molecule has 1 aromatic rings. The van der Waals surface area contributed by atoms with Crippen LogP contribution in [0.1, 0.15) is 64.1 Å². The fourth-order valence-electron chi connectivity index (χ4n) is 2.23. The number of benzene rings is 1. The zero-order valence-electron chi connectivity index (χ0n) is 12.0. The molecule has 0 saturated carbocycles. The van der Waals surface area contributed by atoms with Crippen LogP contribution < -0.4 is 5.32 Å². The predicted molar refractivity (Wildman–Crippen MR) is 76.4 cm³/mol. The van der Waals surface area contributed by atoms with E-state index in [-0.39, 0.29) is 0 Å². The van der Waals surface area contributed by atoms with Crippen molar-refractivity contribution in [2.45, 2.75) is 53.0 Å². The molecule has 0 heterocycles. The number of nitrogens with one attached hydrogen (secondary N) is 1. The van der Waals surface area contributed by atoms with E-state index in [1.54, 1.807) is 0 Å². The molecule has 0 fully saturated rings. The molecule has 1 nitrogen and oxygen atoms in total. The summed E-state index contributed by atoms with van der Waals surface area (Å²) in [5.74, 6) is 1.30. The summed E-state index contributed by atoms with van der Waals surface area (Å²) in [6.07, 6.45) is 1.21. The van der Waals surface area contributed by atoms with Gasteiger partial charge in [0.25, 0.3) is 0 Å². The van der Waals surface area contributed by atoms with E-state index in [4.69, 9.17) is 0 Å². The molecular formula is C16H27N. The van der Waals surface area contributed by atoms with Gasteiger partial charge in [0, 0.05) is 6.04 Å². The highest BCUT2D eigenvalue weighted by Crippen LogP contribution is 2.24. The Morgan fingerprint density at radius 3 is 1.88 bits per heavy atom. The van der Waals surface area contributed by atoms with Crippen molar-refractivity contribution in [3.63, 3.8) is 0 Å². The van der Waals surface area contributed by atoms with Crippen LogP contribution in [-0.4, -0.2) is 6.54 Å². The Labute approximate surface area is 107 Å². The molecule has 0 amide bonds. The SMILES string of the molecule is CCNC(c1ccc(C(C)CC)cc1)C(C)C. The van der Waals surface area contributed by atoms with Crippen molar-refractivity contribution in [2.75, 3.05) is 6.54 Å². The molecule has 0 aromatic heterocycles. The van der Waals surface area contributed by atoms with Gasteiger partial charge in [0.05, 0.1) is 0 Å². The highest BCUT2D eigenvalue weighted by atomic mass is 14.9. The summed E-state index contributed by atoms with van der Waals surface area (Å²) in [4.78, 5) is 0. The summed E-state index contributed by atoms with van der Waals surface area (Å²) in [6.45, 7) is 12.3. The largest absolute Gasteiger partial charge is 0.310 e. The van der Waals surface area contributed by atoms with Gasteiger partial charge in [-0.25, -0.2) is 0 Å². The van der Waals surface area contributed by atoms with Gasteiger partial charge in [0.2, 0.25) is 0 Å². The molecule has 0 spiro atoms. The lowest BCUT2D eigenvalue weighted by Gasteiger charge is -2.23. The Balaban J connectivity index is 2.84. The first kappa shape index (κ1) is 14.2. The van der Waals surface area contributed by atoms with Crippen molar-refractivity contribution >= 4 is 0 Å². The van der Waals surface area contributed by atoms with E-state index >= 15 is 0 Å². The molecule has 96 valence electrons. The summed E-state index contributed by atoms with van der Waals surface area (Å²) in [5, 5.41) is 3.56. The zero-order valence-corrected chi connectivity index (χ0v) is 12.0. The molecule has 0 aliphatic carbocycles. The van der Waals surface area contributed by atoms with Crippen LogP contribution in [0.5, 0.6) is 0 Å². The van der Waals surface area contributed by atoms with Gasteiger partial charge in [-0.05, 0) is 35.9 Å². The molecule has 1 N–H and O–H groups in total. The highest BCUT2D eigenvalue weighted by Gasteiger charge is 2.14. The van der Waals surface area contributed by atoms with Crippen molar-refractivity contribution < 1.29 is 0 Å². The zero-order chi connectivity index (χ0) is 12.8. The van der Waals surface area contributed by atoms with E-state index in [2.05, 4.69) is 64.2 Å². The summed E-state index contributed by atoms with van der Waals surface area (Å²) in [5.41, 5.74) is 2.86. The molecule has 0 radical (unpaired) electrons. The third-order valence-electron chi connectivity index (χ3n) is 3.57. The van der Waals surface area contributed by atoms with Crippen molar-refractivity contribution in [1.29, 1.82) is 0 Å². The molecular weight excluding hydrogens is 206 g/mol. The fourth-order valence-corrected chi connectivity index (χ4v) is 2.23. The minimum atomic E-state index is 0.478. The molecule has 0 aliphatic rings. The second-order valence-electron chi connectivity index (χ2n) is 5.26.